The first-order valence-electron chi connectivity index (χ1n) is 5.72. The summed E-state index contributed by atoms with van der Waals surface area (Å²) in [4.78, 5) is 6.64. The zero-order valence-corrected chi connectivity index (χ0v) is 9.56. The van der Waals surface area contributed by atoms with Gasteiger partial charge in [0.1, 0.15) is 0 Å². The summed E-state index contributed by atoms with van der Waals surface area (Å²) >= 11 is 0. The highest BCUT2D eigenvalue weighted by Gasteiger charge is 2.22. The average Bonchev–Trinajstić information content (AvgIpc) is 3.14. The predicted octanol–water partition coefficient (Wildman–Crippen LogP) is 1.49. The highest BCUT2D eigenvalue weighted by Crippen LogP contribution is 2.24. The number of nitrogens with one attached hydrogen (secondary N) is 1. The molecule has 0 radical (unpaired) electrons. The Balaban J connectivity index is 2.20. The van der Waals surface area contributed by atoms with E-state index in [0.717, 1.165) is 18.2 Å². The van der Waals surface area contributed by atoms with Crippen molar-refractivity contribution in [2.24, 2.45) is 10.8 Å². The van der Waals surface area contributed by atoms with Gasteiger partial charge >= 0.3 is 0 Å². The third-order valence-electron chi connectivity index (χ3n) is 2.62. The summed E-state index contributed by atoms with van der Waals surface area (Å²) in [6, 6.07) is 10.6. The van der Waals surface area contributed by atoms with Crippen molar-refractivity contribution < 1.29 is 0 Å². The molecule has 4 nitrogen and oxygen atoms in total. The topological polar surface area (TPSA) is 53.6 Å². The minimum Gasteiger partial charge on any atom is -0.312 e. The molecule has 1 aromatic rings. The minimum absolute atomic E-state index is 0.462. The average molecular weight is 218 g/mol. The number of para-hydroxylation sites is 1. The molecule has 1 fully saturated rings. The maximum atomic E-state index is 5.54. The number of hydrogen-bond donors (Lipinski definition) is 2. The Bertz CT molecular complexity index is 357. The molecular weight excluding hydrogens is 200 g/mol. The van der Waals surface area contributed by atoms with Crippen LogP contribution in [-0.2, 0) is 0 Å². The third kappa shape index (κ3) is 2.52. The van der Waals surface area contributed by atoms with Gasteiger partial charge in [-0.2, -0.15) is 0 Å². The van der Waals surface area contributed by atoms with Gasteiger partial charge in [-0.15, -0.1) is 0 Å². The summed E-state index contributed by atoms with van der Waals surface area (Å²) in [5, 5.41) is 0. The van der Waals surface area contributed by atoms with E-state index in [2.05, 4.69) is 34.4 Å². The van der Waals surface area contributed by atoms with Crippen LogP contribution in [0.1, 0.15) is 19.8 Å². The Morgan fingerprint density at radius 2 is 2.12 bits per heavy atom. The molecule has 2 rings (SSSR count). The van der Waals surface area contributed by atoms with Crippen molar-refractivity contribution >= 4 is 11.6 Å². The first-order chi connectivity index (χ1) is 7.85. The van der Waals surface area contributed by atoms with Crippen LogP contribution in [0.3, 0.4) is 0 Å². The molecule has 1 aliphatic rings. The molecule has 1 saturated carbocycles. The largest absolute Gasteiger partial charge is 0.312 e. The number of nitrogens with two attached hydrogens (primary N) is 1. The van der Waals surface area contributed by atoms with Gasteiger partial charge in [-0.1, -0.05) is 18.2 Å². The molecule has 0 bridgehead atoms. The van der Waals surface area contributed by atoms with Gasteiger partial charge in [0.05, 0.1) is 6.04 Å². The molecule has 86 valence electrons. The normalized spacial score (nSPS) is 16.0. The molecule has 0 saturated heterocycles. The fourth-order valence-electron chi connectivity index (χ4n) is 1.62. The van der Waals surface area contributed by atoms with E-state index in [-0.39, 0.29) is 0 Å². The van der Waals surface area contributed by atoms with Crippen LogP contribution in [0.15, 0.2) is 35.3 Å². The number of guanidine groups is 1. The van der Waals surface area contributed by atoms with Crippen molar-refractivity contribution in [1.29, 1.82) is 0 Å². The summed E-state index contributed by atoms with van der Waals surface area (Å²) in [5.41, 5.74) is 3.81. The molecule has 0 heterocycles. The molecule has 0 aromatic heterocycles. The van der Waals surface area contributed by atoms with E-state index in [1.165, 1.54) is 12.8 Å². The Labute approximate surface area is 96.1 Å². The fourth-order valence-corrected chi connectivity index (χ4v) is 1.62. The lowest BCUT2D eigenvalue weighted by atomic mass is 10.3. The van der Waals surface area contributed by atoms with Gasteiger partial charge in [0.15, 0.2) is 0 Å². The number of nitrogens with zero attached hydrogens (tertiary/aromatic N) is 2. The van der Waals surface area contributed by atoms with E-state index in [4.69, 9.17) is 5.84 Å². The summed E-state index contributed by atoms with van der Waals surface area (Å²) in [5.74, 6) is 6.30. The van der Waals surface area contributed by atoms with Gasteiger partial charge in [-0.25, -0.2) is 10.8 Å². The van der Waals surface area contributed by atoms with Gasteiger partial charge in [0, 0.05) is 12.2 Å². The van der Waals surface area contributed by atoms with E-state index in [9.17, 15) is 0 Å². The van der Waals surface area contributed by atoms with Crippen molar-refractivity contribution in [3.63, 3.8) is 0 Å². The van der Waals surface area contributed by atoms with Crippen molar-refractivity contribution in [2.75, 3.05) is 11.4 Å². The van der Waals surface area contributed by atoms with E-state index in [1.54, 1.807) is 0 Å². The smallest absolute Gasteiger partial charge is 0.213 e. The van der Waals surface area contributed by atoms with Gasteiger partial charge in [0.25, 0.3) is 0 Å². The van der Waals surface area contributed by atoms with Crippen molar-refractivity contribution in [3.05, 3.63) is 30.3 Å². The van der Waals surface area contributed by atoms with Crippen LogP contribution in [-0.4, -0.2) is 18.5 Å². The monoisotopic (exact) mass is 218 g/mol. The van der Waals surface area contributed by atoms with Crippen LogP contribution >= 0.6 is 0 Å². The quantitative estimate of drug-likeness (QED) is 0.350. The van der Waals surface area contributed by atoms with Crippen LogP contribution in [0.5, 0.6) is 0 Å². The Morgan fingerprint density at radius 1 is 1.44 bits per heavy atom. The zero-order chi connectivity index (χ0) is 11.4. The lowest BCUT2D eigenvalue weighted by Crippen LogP contribution is -2.45. The fraction of sp³-hybridized carbons (Fsp3) is 0.417. The Hall–Kier alpha value is -1.55. The number of anilines is 1. The third-order valence-corrected chi connectivity index (χ3v) is 2.62. The second-order valence-corrected chi connectivity index (χ2v) is 3.91. The molecule has 1 aliphatic carbocycles. The SMILES string of the molecule is CCN(C(=NC1CC1)NN)c1ccccc1. The van der Waals surface area contributed by atoms with Gasteiger partial charge in [0.2, 0.25) is 5.96 Å². The molecule has 0 atom stereocenters. The second kappa shape index (κ2) is 4.99. The standard InChI is InChI=1S/C12H18N4/c1-2-16(11-6-4-3-5-7-11)12(15-13)14-10-8-9-10/h3-7,10H,2,8-9,13H2,1H3,(H,14,15). The first kappa shape index (κ1) is 11.0. The molecular formula is C12H18N4. The lowest BCUT2D eigenvalue weighted by Gasteiger charge is -2.24. The number of hydrazine groups is 1. The maximum absolute atomic E-state index is 5.54. The van der Waals surface area contributed by atoms with Gasteiger partial charge in [-0.3, -0.25) is 5.43 Å². The van der Waals surface area contributed by atoms with Gasteiger partial charge < -0.3 is 4.90 Å². The molecule has 16 heavy (non-hydrogen) atoms. The van der Waals surface area contributed by atoms with E-state index in [1.807, 2.05) is 18.2 Å². The predicted molar refractivity (Wildman–Crippen MR) is 67.2 cm³/mol. The molecule has 3 N–H and O–H groups in total. The van der Waals surface area contributed by atoms with E-state index in [0.29, 0.717) is 6.04 Å². The number of benzene rings is 1. The first-order valence-corrected chi connectivity index (χ1v) is 5.72. The van der Waals surface area contributed by atoms with Crippen LogP contribution in [0.2, 0.25) is 0 Å². The zero-order valence-electron chi connectivity index (χ0n) is 9.56. The molecule has 0 spiro atoms. The molecule has 1 aromatic carbocycles. The van der Waals surface area contributed by atoms with E-state index >= 15 is 0 Å². The summed E-state index contributed by atoms with van der Waals surface area (Å²) in [6.45, 7) is 2.94. The Morgan fingerprint density at radius 3 is 2.62 bits per heavy atom. The van der Waals surface area contributed by atoms with E-state index < -0.39 is 0 Å². The van der Waals surface area contributed by atoms with Gasteiger partial charge in [-0.05, 0) is 31.9 Å². The van der Waals surface area contributed by atoms with Crippen LogP contribution in [0, 0.1) is 0 Å². The summed E-state index contributed by atoms with van der Waals surface area (Å²) in [7, 11) is 0. The number of hydrogen-bond acceptors (Lipinski definition) is 2. The van der Waals surface area contributed by atoms with Crippen molar-refractivity contribution in [1.82, 2.24) is 5.43 Å². The van der Waals surface area contributed by atoms with Crippen LogP contribution in [0.25, 0.3) is 0 Å². The molecule has 4 heteroatoms. The Kier molecular flexibility index (Phi) is 3.41. The molecule has 0 unspecified atom stereocenters. The number of rotatable bonds is 3. The maximum Gasteiger partial charge on any atom is 0.213 e. The summed E-state index contributed by atoms with van der Waals surface area (Å²) < 4.78 is 0. The second-order valence-electron chi connectivity index (χ2n) is 3.91. The minimum atomic E-state index is 0.462. The summed E-state index contributed by atoms with van der Waals surface area (Å²) in [6.07, 6.45) is 2.36. The lowest BCUT2D eigenvalue weighted by molar-refractivity contribution is 0.900. The molecule has 0 amide bonds. The van der Waals surface area contributed by atoms with Crippen LogP contribution in [0.4, 0.5) is 5.69 Å². The van der Waals surface area contributed by atoms with Crippen molar-refractivity contribution in [3.8, 4) is 0 Å². The molecule has 0 aliphatic heterocycles. The highest BCUT2D eigenvalue weighted by atomic mass is 15.4. The highest BCUT2D eigenvalue weighted by molar-refractivity contribution is 5.95. The van der Waals surface area contributed by atoms with Crippen molar-refractivity contribution in [2.45, 2.75) is 25.8 Å². The number of aliphatic imine (C=N–C) groups is 1. The van der Waals surface area contributed by atoms with Crippen LogP contribution < -0.4 is 16.2 Å².